The van der Waals surface area contributed by atoms with Crippen molar-refractivity contribution in [3.8, 4) is 22.9 Å². The van der Waals surface area contributed by atoms with Crippen LogP contribution in [-0.2, 0) is 6.54 Å². The molecule has 0 fully saturated rings. The minimum absolute atomic E-state index is 0.326. The third kappa shape index (κ3) is 4.78. The molecule has 0 aliphatic rings. The number of hydrogen-bond acceptors (Lipinski definition) is 5. The molecule has 29 heavy (non-hydrogen) atoms. The van der Waals surface area contributed by atoms with E-state index in [0.717, 1.165) is 16.9 Å². The molecule has 0 unspecified atom stereocenters. The Bertz CT molecular complexity index is 1000. The van der Waals surface area contributed by atoms with Gasteiger partial charge in [-0.25, -0.2) is 9.78 Å². The number of urea groups is 1. The summed E-state index contributed by atoms with van der Waals surface area (Å²) in [5.74, 6) is 1.88. The zero-order chi connectivity index (χ0) is 20.8. The molecular weight excluding hydrogens is 372 g/mol. The van der Waals surface area contributed by atoms with Gasteiger partial charge in [0.2, 0.25) is 0 Å². The van der Waals surface area contributed by atoms with Crippen molar-refractivity contribution >= 4 is 11.7 Å². The van der Waals surface area contributed by atoms with Crippen molar-refractivity contribution in [2.75, 3.05) is 26.6 Å². The summed E-state index contributed by atoms with van der Waals surface area (Å²) in [5.41, 5.74) is 3.25. The Labute approximate surface area is 169 Å². The number of aryl methyl sites for hydroxylation is 1. The van der Waals surface area contributed by atoms with Crippen molar-refractivity contribution in [3.05, 3.63) is 60.2 Å². The van der Waals surface area contributed by atoms with Gasteiger partial charge in [-0.1, -0.05) is 6.07 Å². The van der Waals surface area contributed by atoms with Crippen LogP contribution in [0, 0.1) is 6.92 Å². The van der Waals surface area contributed by atoms with Gasteiger partial charge in [-0.2, -0.15) is 0 Å². The third-order valence-corrected chi connectivity index (χ3v) is 4.33. The first-order valence-electron chi connectivity index (χ1n) is 8.98. The van der Waals surface area contributed by atoms with Gasteiger partial charge in [0.15, 0.2) is 11.5 Å². The summed E-state index contributed by atoms with van der Waals surface area (Å²) in [6.45, 7) is 2.26. The van der Waals surface area contributed by atoms with Crippen molar-refractivity contribution < 1.29 is 19.0 Å². The number of rotatable bonds is 7. The van der Waals surface area contributed by atoms with Crippen LogP contribution >= 0.6 is 0 Å². The number of anilines is 1. The Hall–Kier alpha value is -3.68. The summed E-state index contributed by atoms with van der Waals surface area (Å²) < 4.78 is 17.8. The van der Waals surface area contributed by atoms with Crippen LogP contribution in [0.1, 0.15) is 11.3 Å². The van der Waals surface area contributed by atoms with Crippen LogP contribution in [0.5, 0.6) is 17.2 Å². The maximum absolute atomic E-state index is 12.3. The van der Waals surface area contributed by atoms with E-state index in [2.05, 4.69) is 15.6 Å². The molecule has 2 amide bonds. The van der Waals surface area contributed by atoms with Gasteiger partial charge in [0, 0.05) is 24.5 Å². The molecular formula is C21H24N4O4. The molecule has 2 N–H and O–H groups in total. The van der Waals surface area contributed by atoms with E-state index in [4.69, 9.17) is 14.2 Å². The Morgan fingerprint density at radius 2 is 1.76 bits per heavy atom. The summed E-state index contributed by atoms with van der Waals surface area (Å²) in [7, 11) is 4.74. The predicted molar refractivity (Wildman–Crippen MR) is 110 cm³/mol. The van der Waals surface area contributed by atoms with Crippen LogP contribution in [0.3, 0.4) is 0 Å². The first-order chi connectivity index (χ1) is 14.0. The van der Waals surface area contributed by atoms with Gasteiger partial charge in [0.05, 0.1) is 39.0 Å². The number of carbonyl (C=O) groups is 1. The van der Waals surface area contributed by atoms with Crippen molar-refractivity contribution in [1.29, 1.82) is 0 Å². The predicted octanol–water partition coefficient (Wildman–Crippen LogP) is 3.53. The van der Waals surface area contributed by atoms with E-state index < -0.39 is 0 Å². The fraction of sp³-hybridized carbons (Fsp3) is 0.238. The van der Waals surface area contributed by atoms with Crippen molar-refractivity contribution in [1.82, 2.24) is 14.9 Å². The van der Waals surface area contributed by atoms with Crippen LogP contribution in [0.15, 0.2) is 48.9 Å². The van der Waals surface area contributed by atoms with E-state index in [1.54, 1.807) is 39.8 Å². The number of nitrogens with zero attached hydrogens (tertiary/aromatic N) is 2. The second kappa shape index (κ2) is 9.01. The minimum Gasteiger partial charge on any atom is -0.494 e. The minimum atomic E-state index is -0.326. The van der Waals surface area contributed by atoms with Crippen LogP contribution in [-0.4, -0.2) is 36.9 Å². The molecule has 3 rings (SSSR count). The molecule has 152 valence electrons. The number of imidazole rings is 1. The second-order valence-corrected chi connectivity index (χ2v) is 6.31. The molecule has 0 radical (unpaired) electrons. The molecule has 0 spiro atoms. The molecule has 0 saturated carbocycles. The maximum Gasteiger partial charge on any atom is 0.319 e. The Morgan fingerprint density at radius 3 is 2.41 bits per heavy atom. The van der Waals surface area contributed by atoms with E-state index in [1.165, 1.54) is 0 Å². The highest BCUT2D eigenvalue weighted by Gasteiger charge is 2.10. The number of aromatic nitrogens is 2. The SMILES string of the molecule is COc1ccc(CNC(=O)Nc2ccc(-n3cnc(C)c3)c(OC)c2)cc1OC. The van der Waals surface area contributed by atoms with Crippen molar-refractivity contribution in [3.63, 3.8) is 0 Å². The van der Waals surface area contributed by atoms with Crippen molar-refractivity contribution in [2.45, 2.75) is 13.5 Å². The lowest BCUT2D eigenvalue weighted by molar-refractivity contribution is 0.251. The number of ether oxygens (including phenoxy) is 3. The first kappa shape index (κ1) is 20.1. The number of carbonyl (C=O) groups excluding carboxylic acids is 1. The van der Waals surface area contributed by atoms with E-state index in [0.29, 0.717) is 29.5 Å². The highest BCUT2D eigenvalue weighted by molar-refractivity contribution is 5.89. The van der Waals surface area contributed by atoms with E-state index in [-0.39, 0.29) is 6.03 Å². The Morgan fingerprint density at radius 1 is 1.00 bits per heavy atom. The third-order valence-electron chi connectivity index (χ3n) is 4.33. The number of methoxy groups -OCH3 is 3. The van der Waals surface area contributed by atoms with Crippen LogP contribution in [0.4, 0.5) is 10.5 Å². The quantitative estimate of drug-likeness (QED) is 0.638. The zero-order valence-corrected chi connectivity index (χ0v) is 16.9. The number of benzene rings is 2. The fourth-order valence-corrected chi connectivity index (χ4v) is 2.87. The van der Waals surface area contributed by atoms with Gasteiger partial charge in [-0.05, 0) is 36.8 Å². The molecule has 2 aromatic carbocycles. The zero-order valence-electron chi connectivity index (χ0n) is 16.9. The van der Waals surface area contributed by atoms with Gasteiger partial charge in [-0.3, -0.25) is 0 Å². The largest absolute Gasteiger partial charge is 0.494 e. The summed E-state index contributed by atoms with van der Waals surface area (Å²) >= 11 is 0. The number of nitrogens with one attached hydrogen (secondary N) is 2. The Balaban J connectivity index is 1.65. The lowest BCUT2D eigenvalue weighted by Gasteiger charge is -2.13. The molecule has 3 aromatic rings. The summed E-state index contributed by atoms with van der Waals surface area (Å²) in [6.07, 6.45) is 3.62. The Kier molecular flexibility index (Phi) is 6.23. The molecule has 0 atom stereocenters. The van der Waals surface area contributed by atoms with Gasteiger partial charge >= 0.3 is 6.03 Å². The van der Waals surface area contributed by atoms with Crippen LogP contribution < -0.4 is 24.8 Å². The molecule has 1 heterocycles. The summed E-state index contributed by atoms with van der Waals surface area (Å²) in [6, 6.07) is 10.6. The average molecular weight is 396 g/mol. The normalized spacial score (nSPS) is 10.3. The van der Waals surface area contributed by atoms with Gasteiger partial charge in [0.25, 0.3) is 0 Å². The summed E-state index contributed by atoms with van der Waals surface area (Å²) in [5, 5.41) is 5.63. The molecule has 0 saturated heterocycles. The van der Waals surface area contributed by atoms with E-state index >= 15 is 0 Å². The molecule has 0 aliphatic carbocycles. The smallest absolute Gasteiger partial charge is 0.319 e. The second-order valence-electron chi connectivity index (χ2n) is 6.31. The first-order valence-corrected chi connectivity index (χ1v) is 8.98. The number of amides is 2. The fourth-order valence-electron chi connectivity index (χ4n) is 2.87. The highest BCUT2D eigenvalue weighted by atomic mass is 16.5. The molecule has 0 bridgehead atoms. The van der Waals surface area contributed by atoms with Crippen molar-refractivity contribution in [2.24, 2.45) is 0 Å². The van der Waals surface area contributed by atoms with Crippen LogP contribution in [0.2, 0.25) is 0 Å². The highest BCUT2D eigenvalue weighted by Crippen LogP contribution is 2.28. The molecule has 1 aromatic heterocycles. The lowest BCUT2D eigenvalue weighted by Crippen LogP contribution is -2.28. The van der Waals surface area contributed by atoms with Gasteiger partial charge in [0.1, 0.15) is 5.75 Å². The van der Waals surface area contributed by atoms with E-state index in [1.807, 2.05) is 42.0 Å². The van der Waals surface area contributed by atoms with Crippen LogP contribution in [0.25, 0.3) is 5.69 Å². The van der Waals surface area contributed by atoms with Gasteiger partial charge < -0.3 is 29.4 Å². The lowest BCUT2D eigenvalue weighted by atomic mass is 10.2. The molecule has 0 aliphatic heterocycles. The molecule has 8 nitrogen and oxygen atoms in total. The molecule has 8 heteroatoms. The average Bonchev–Trinajstić information content (AvgIpc) is 3.17. The van der Waals surface area contributed by atoms with Gasteiger partial charge in [-0.15, -0.1) is 0 Å². The monoisotopic (exact) mass is 396 g/mol. The maximum atomic E-state index is 12.3. The topological polar surface area (TPSA) is 86.6 Å². The van der Waals surface area contributed by atoms with E-state index in [9.17, 15) is 4.79 Å². The standard InChI is InChI=1S/C21H24N4O4/c1-14-12-25(13-23-14)17-7-6-16(10-19(17)28-3)24-21(26)22-11-15-5-8-18(27-2)20(9-15)29-4/h5-10,12-13H,11H2,1-4H3,(H2,22,24,26). The summed E-state index contributed by atoms with van der Waals surface area (Å²) in [4.78, 5) is 16.5. The number of hydrogen-bond donors (Lipinski definition) is 2.